The number of carbonyl (C=O) groups excluding carboxylic acids is 1. The van der Waals surface area contributed by atoms with Crippen LogP contribution in [0.5, 0.6) is 0 Å². The number of nitrogens with two attached hydrogens (primary N) is 1. The van der Waals surface area contributed by atoms with Crippen LogP contribution in [0.4, 0.5) is 5.82 Å². The second-order valence-electron chi connectivity index (χ2n) is 7.57. The molecule has 4 rings (SSSR count). The van der Waals surface area contributed by atoms with Crippen molar-refractivity contribution in [3.8, 4) is 11.8 Å². The number of nitrogens with zero attached hydrogens (tertiary/aromatic N) is 4. The maximum Gasteiger partial charge on any atom is 0.252 e. The lowest BCUT2D eigenvalue weighted by molar-refractivity contribution is -0.137. The predicted molar refractivity (Wildman–Crippen MR) is 105 cm³/mol. The van der Waals surface area contributed by atoms with Gasteiger partial charge in [-0.25, -0.2) is 15.0 Å². The molecule has 2 aromatic heterocycles. The van der Waals surface area contributed by atoms with Crippen LogP contribution in [-0.4, -0.2) is 71.2 Å². The largest absolute Gasteiger partial charge is 0.387 e. The molecule has 1 saturated heterocycles. The first-order valence-electron chi connectivity index (χ1n) is 9.88. The Balaban J connectivity index is 1.68. The third kappa shape index (κ3) is 3.59. The van der Waals surface area contributed by atoms with Crippen LogP contribution in [0.25, 0.3) is 11.2 Å². The summed E-state index contributed by atoms with van der Waals surface area (Å²) in [6, 6.07) is 0. The molecule has 4 atom stereocenters. The second-order valence-corrected chi connectivity index (χ2v) is 7.57. The summed E-state index contributed by atoms with van der Waals surface area (Å²) in [6.45, 7) is 2.10. The summed E-state index contributed by atoms with van der Waals surface area (Å²) in [7, 11) is 0. The molecule has 1 aliphatic carbocycles. The number of nitrogens with one attached hydrogen (secondary N) is 1. The molecule has 3 heterocycles. The quantitative estimate of drug-likeness (QED) is 0.387. The van der Waals surface area contributed by atoms with Crippen LogP contribution in [-0.2, 0) is 9.53 Å². The number of aromatic nitrogens is 4. The number of amides is 1. The van der Waals surface area contributed by atoms with Crippen LogP contribution < -0.4 is 11.1 Å². The molecular weight excluding hydrogens is 392 g/mol. The summed E-state index contributed by atoms with van der Waals surface area (Å²) in [6.07, 6.45) is -0.803. The molecule has 1 amide bonds. The zero-order valence-corrected chi connectivity index (χ0v) is 16.4. The van der Waals surface area contributed by atoms with E-state index in [1.54, 1.807) is 6.92 Å². The van der Waals surface area contributed by atoms with Gasteiger partial charge in [0.2, 0.25) is 5.82 Å². The molecule has 0 spiro atoms. The Hall–Kier alpha value is -2.78. The van der Waals surface area contributed by atoms with Gasteiger partial charge < -0.3 is 31.1 Å². The first-order chi connectivity index (χ1) is 14.3. The fraction of sp³-hybridized carbons (Fsp3) is 0.579. The number of carbonyl (C=O) groups is 1. The molecule has 30 heavy (non-hydrogen) atoms. The third-order valence-corrected chi connectivity index (χ3v) is 5.41. The number of fused-ring (bicyclic) bond motifs is 1. The van der Waals surface area contributed by atoms with Crippen molar-refractivity contribution < 1.29 is 24.9 Å². The zero-order chi connectivity index (χ0) is 21.5. The van der Waals surface area contributed by atoms with Crippen LogP contribution in [0.2, 0.25) is 0 Å². The summed E-state index contributed by atoms with van der Waals surface area (Å²) < 4.78 is 7.01. The highest BCUT2D eigenvalue weighted by Gasteiger charge is 2.47. The van der Waals surface area contributed by atoms with Crippen LogP contribution in [0.1, 0.15) is 44.7 Å². The molecule has 11 heteroatoms. The molecule has 6 N–H and O–H groups in total. The van der Waals surface area contributed by atoms with Gasteiger partial charge in [-0.15, -0.1) is 0 Å². The van der Waals surface area contributed by atoms with E-state index in [-0.39, 0.29) is 22.8 Å². The highest BCUT2D eigenvalue weighted by molar-refractivity contribution is 5.83. The Morgan fingerprint density at radius 2 is 2.10 bits per heavy atom. The Labute approximate surface area is 172 Å². The first-order valence-corrected chi connectivity index (χ1v) is 9.88. The topological polar surface area (TPSA) is 169 Å². The van der Waals surface area contributed by atoms with E-state index < -0.39 is 36.0 Å². The van der Waals surface area contributed by atoms with Crippen molar-refractivity contribution in [1.29, 1.82) is 0 Å². The second kappa shape index (κ2) is 7.81. The number of hydrogen-bond donors (Lipinski definition) is 5. The van der Waals surface area contributed by atoms with Gasteiger partial charge in [-0.3, -0.25) is 9.36 Å². The number of nitrogen functional groups attached to an aromatic ring is 1. The van der Waals surface area contributed by atoms with Gasteiger partial charge in [0.1, 0.15) is 23.3 Å². The monoisotopic (exact) mass is 416 g/mol. The van der Waals surface area contributed by atoms with Gasteiger partial charge in [-0.05, 0) is 38.5 Å². The lowest BCUT2D eigenvalue weighted by Gasteiger charge is -2.16. The number of hydrogen-bond acceptors (Lipinski definition) is 9. The summed E-state index contributed by atoms with van der Waals surface area (Å²) in [5.74, 6) is 5.24. The third-order valence-electron chi connectivity index (χ3n) is 5.41. The Morgan fingerprint density at radius 1 is 1.37 bits per heavy atom. The molecule has 0 radical (unpaired) electrons. The summed E-state index contributed by atoms with van der Waals surface area (Å²) in [5, 5.41) is 33.7. The van der Waals surface area contributed by atoms with Gasteiger partial charge in [0.05, 0.1) is 6.33 Å². The SMILES string of the molecule is CCNC(=O)[C@H]1O[C@@H](n2cnc3c(N)nc(C#CC4(O)CCCC4)nc32)[C@@H](O)C1O. The summed E-state index contributed by atoms with van der Waals surface area (Å²) in [4.78, 5) is 24.7. The first kappa shape index (κ1) is 20.5. The van der Waals surface area contributed by atoms with Gasteiger partial charge in [-0.2, -0.15) is 0 Å². The Bertz CT molecular complexity index is 1020. The highest BCUT2D eigenvalue weighted by atomic mass is 16.6. The molecule has 0 bridgehead atoms. The van der Waals surface area contributed by atoms with Crippen molar-refractivity contribution in [3.63, 3.8) is 0 Å². The van der Waals surface area contributed by atoms with Crippen molar-refractivity contribution in [2.24, 2.45) is 0 Å². The maximum atomic E-state index is 12.1. The molecule has 1 aliphatic heterocycles. The van der Waals surface area contributed by atoms with Gasteiger partial charge >= 0.3 is 0 Å². The van der Waals surface area contributed by atoms with E-state index in [0.717, 1.165) is 12.8 Å². The van der Waals surface area contributed by atoms with E-state index in [1.165, 1.54) is 10.9 Å². The number of rotatable bonds is 3. The fourth-order valence-electron chi connectivity index (χ4n) is 3.82. The summed E-state index contributed by atoms with van der Waals surface area (Å²) >= 11 is 0. The minimum absolute atomic E-state index is 0.0785. The van der Waals surface area contributed by atoms with Gasteiger partial charge in [0.15, 0.2) is 23.8 Å². The highest BCUT2D eigenvalue weighted by Crippen LogP contribution is 2.32. The lowest BCUT2D eigenvalue weighted by atomic mass is 10.0. The Morgan fingerprint density at radius 3 is 2.80 bits per heavy atom. The van der Waals surface area contributed by atoms with Crippen molar-refractivity contribution in [2.45, 2.75) is 62.7 Å². The molecule has 2 aliphatic rings. The number of aliphatic hydroxyl groups excluding tert-OH is 2. The zero-order valence-electron chi connectivity index (χ0n) is 16.4. The minimum Gasteiger partial charge on any atom is -0.387 e. The van der Waals surface area contributed by atoms with E-state index >= 15 is 0 Å². The van der Waals surface area contributed by atoms with E-state index in [4.69, 9.17) is 10.5 Å². The van der Waals surface area contributed by atoms with E-state index in [1.807, 2.05) is 0 Å². The molecule has 2 aromatic rings. The fourth-order valence-corrected chi connectivity index (χ4v) is 3.82. The Kier molecular flexibility index (Phi) is 5.33. The van der Waals surface area contributed by atoms with Gasteiger partial charge in [0, 0.05) is 6.54 Å². The van der Waals surface area contributed by atoms with Crippen LogP contribution >= 0.6 is 0 Å². The van der Waals surface area contributed by atoms with Crippen LogP contribution in [0.3, 0.4) is 0 Å². The van der Waals surface area contributed by atoms with E-state index in [2.05, 4.69) is 32.1 Å². The summed E-state index contributed by atoms with van der Waals surface area (Å²) in [5.41, 5.74) is 5.44. The average molecular weight is 416 g/mol. The van der Waals surface area contributed by atoms with Crippen LogP contribution in [0, 0.1) is 11.8 Å². The molecule has 1 unspecified atom stereocenters. The maximum absolute atomic E-state index is 12.1. The van der Waals surface area contributed by atoms with E-state index in [0.29, 0.717) is 19.4 Å². The number of aliphatic hydroxyl groups is 3. The lowest BCUT2D eigenvalue weighted by Crippen LogP contribution is -2.42. The molecule has 160 valence electrons. The molecule has 1 saturated carbocycles. The molecule has 11 nitrogen and oxygen atoms in total. The molecular formula is C19H24N6O5. The van der Waals surface area contributed by atoms with Gasteiger partial charge in [-0.1, -0.05) is 5.92 Å². The van der Waals surface area contributed by atoms with Crippen LogP contribution in [0.15, 0.2) is 6.33 Å². The number of imidazole rings is 1. The normalized spacial score (nSPS) is 27.7. The standard InChI is InChI=1S/C19H24N6O5/c1-2-21-17(28)14-12(26)13(27)18(30-14)25-9-22-11-15(20)23-10(24-16(11)25)5-8-19(29)6-3-4-7-19/h9,12-14,18,26-27,29H,2-4,6-7H2,1H3,(H,21,28)(H2,20,23,24)/t12?,13-,14-,18+/m0/s1. The van der Waals surface area contributed by atoms with Crippen molar-refractivity contribution in [3.05, 3.63) is 12.2 Å². The van der Waals surface area contributed by atoms with Crippen molar-refractivity contribution >= 4 is 22.9 Å². The average Bonchev–Trinajstić information content (AvgIpc) is 3.40. The molecule has 0 aromatic carbocycles. The number of likely N-dealkylation sites (N-methyl/N-ethyl adjacent to an activating group) is 1. The number of ether oxygens (including phenoxy) is 1. The van der Waals surface area contributed by atoms with E-state index in [9.17, 15) is 20.1 Å². The molecule has 2 fully saturated rings. The van der Waals surface area contributed by atoms with Crippen molar-refractivity contribution in [2.75, 3.05) is 12.3 Å². The van der Waals surface area contributed by atoms with Crippen molar-refractivity contribution in [1.82, 2.24) is 24.8 Å². The smallest absolute Gasteiger partial charge is 0.252 e. The minimum atomic E-state index is -1.42. The predicted octanol–water partition coefficient (Wildman–Crippen LogP) is -1.18. The van der Waals surface area contributed by atoms with Gasteiger partial charge in [0.25, 0.3) is 5.91 Å². The number of anilines is 1.